The third kappa shape index (κ3) is 5.28. The zero-order valence-electron chi connectivity index (χ0n) is 10.00. The van der Waals surface area contributed by atoms with Gasteiger partial charge in [0.2, 0.25) is 0 Å². The van der Waals surface area contributed by atoms with Gasteiger partial charge in [0.1, 0.15) is 5.78 Å². The minimum absolute atomic E-state index is 0.309. The van der Waals surface area contributed by atoms with Crippen molar-refractivity contribution in [2.75, 3.05) is 26.2 Å². The van der Waals surface area contributed by atoms with Crippen molar-refractivity contribution in [1.29, 1.82) is 0 Å². The molecule has 0 spiro atoms. The van der Waals surface area contributed by atoms with Crippen molar-refractivity contribution in [2.45, 2.75) is 45.6 Å². The predicted octanol–water partition coefficient (Wildman–Crippen LogP) is 1.86. The Morgan fingerprint density at radius 3 is 2.93 bits per heavy atom. The SMILES string of the molecule is CCC1CN(CCCCC(C)=O)CCO1. The number of hydrogen-bond acceptors (Lipinski definition) is 3. The minimum atomic E-state index is 0.309. The average molecular weight is 213 g/mol. The number of ether oxygens (including phenoxy) is 1. The molecule has 1 fully saturated rings. The summed E-state index contributed by atoms with van der Waals surface area (Å²) in [5.74, 6) is 0.309. The van der Waals surface area contributed by atoms with Gasteiger partial charge in [-0.1, -0.05) is 6.92 Å². The normalized spacial score (nSPS) is 22.9. The van der Waals surface area contributed by atoms with Gasteiger partial charge in [-0.3, -0.25) is 4.90 Å². The summed E-state index contributed by atoms with van der Waals surface area (Å²) in [4.78, 5) is 13.2. The van der Waals surface area contributed by atoms with E-state index in [2.05, 4.69) is 11.8 Å². The Hall–Kier alpha value is -0.410. The van der Waals surface area contributed by atoms with E-state index in [0.29, 0.717) is 11.9 Å². The van der Waals surface area contributed by atoms with E-state index >= 15 is 0 Å². The first-order chi connectivity index (χ1) is 7.22. The van der Waals surface area contributed by atoms with Crippen LogP contribution in [0.15, 0.2) is 0 Å². The van der Waals surface area contributed by atoms with Crippen LogP contribution in [0.1, 0.15) is 39.5 Å². The number of carbonyl (C=O) groups is 1. The van der Waals surface area contributed by atoms with Crippen LogP contribution in [0.5, 0.6) is 0 Å². The highest BCUT2D eigenvalue weighted by Gasteiger charge is 2.17. The van der Waals surface area contributed by atoms with Crippen molar-refractivity contribution in [3.8, 4) is 0 Å². The number of nitrogens with zero attached hydrogens (tertiary/aromatic N) is 1. The van der Waals surface area contributed by atoms with Crippen molar-refractivity contribution >= 4 is 5.78 Å². The minimum Gasteiger partial charge on any atom is -0.376 e. The molecule has 15 heavy (non-hydrogen) atoms. The fourth-order valence-electron chi connectivity index (χ4n) is 1.94. The van der Waals surface area contributed by atoms with E-state index in [1.54, 1.807) is 6.92 Å². The van der Waals surface area contributed by atoms with E-state index in [1.165, 1.54) is 0 Å². The molecule has 0 saturated carbocycles. The summed E-state index contributed by atoms with van der Waals surface area (Å²) >= 11 is 0. The summed E-state index contributed by atoms with van der Waals surface area (Å²) in [5, 5.41) is 0. The molecule has 0 aliphatic carbocycles. The smallest absolute Gasteiger partial charge is 0.129 e. The van der Waals surface area contributed by atoms with Crippen LogP contribution in [0.25, 0.3) is 0 Å². The summed E-state index contributed by atoms with van der Waals surface area (Å²) in [6, 6.07) is 0. The van der Waals surface area contributed by atoms with Crippen LogP contribution in [0, 0.1) is 0 Å². The molecule has 0 aromatic carbocycles. The van der Waals surface area contributed by atoms with Crippen LogP contribution in [-0.2, 0) is 9.53 Å². The van der Waals surface area contributed by atoms with Gasteiger partial charge < -0.3 is 9.53 Å². The number of morpholine rings is 1. The second-order valence-corrected chi connectivity index (χ2v) is 4.36. The van der Waals surface area contributed by atoms with Gasteiger partial charge in [0.15, 0.2) is 0 Å². The zero-order chi connectivity index (χ0) is 11.1. The summed E-state index contributed by atoms with van der Waals surface area (Å²) in [6.45, 7) is 7.94. The third-order valence-corrected chi connectivity index (χ3v) is 2.93. The number of Topliss-reactive ketones (excluding diaryl/α,β-unsaturated/α-hetero) is 1. The van der Waals surface area contributed by atoms with Gasteiger partial charge in [-0.2, -0.15) is 0 Å². The van der Waals surface area contributed by atoms with Crippen LogP contribution in [-0.4, -0.2) is 43.0 Å². The summed E-state index contributed by atoms with van der Waals surface area (Å²) < 4.78 is 5.61. The van der Waals surface area contributed by atoms with Crippen LogP contribution in [0.2, 0.25) is 0 Å². The lowest BCUT2D eigenvalue weighted by Crippen LogP contribution is -2.42. The maximum absolute atomic E-state index is 10.8. The first-order valence-electron chi connectivity index (χ1n) is 6.05. The monoisotopic (exact) mass is 213 g/mol. The van der Waals surface area contributed by atoms with Crippen molar-refractivity contribution in [3.05, 3.63) is 0 Å². The zero-order valence-corrected chi connectivity index (χ0v) is 10.00. The lowest BCUT2D eigenvalue weighted by Gasteiger charge is -2.32. The fourth-order valence-corrected chi connectivity index (χ4v) is 1.94. The molecule has 88 valence electrons. The van der Waals surface area contributed by atoms with Gasteiger partial charge >= 0.3 is 0 Å². The molecular weight excluding hydrogens is 190 g/mol. The van der Waals surface area contributed by atoms with Crippen molar-refractivity contribution in [2.24, 2.45) is 0 Å². The number of unbranched alkanes of at least 4 members (excludes halogenated alkanes) is 1. The van der Waals surface area contributed by atoms with E-state index < -0.39 is 0 Å². The molecule has 1 aliphatic rings. The Labute approximate surface area is 92.8 Å². The fraction of sp³-hybridized carbons (Fsp3) is 0.917. The van der Waals surface area contributed by atoms with Gasteiger partial charge in [0, 0.05) is 19.5 Å². The van der Waals surface area contributed by atoms with Crippen LogP contribution in [0.3, 0.4) is 0 Å². The molecular formula is C12H23NO2. The number of ketones is 1. The van der Waals surface area contributed by atoms with Gasteiger partial charge in [0.25, 0.3) is 0 Å². The molecule has 1 heterocycles. The summed E-state index contributed by atoms with van der Waals surface area (Å²) in [6.07, 6.45) is 4.43. The Morgan fingerprint density at radius 1 is 1.47 bits per heavy atom. The molecule has 1 saturated heterocycles. The quantitative estimate of drug-likeness (QED) is 0.631. The number of carbonyl (C=O) groups excluding carboxylic acids is 1. The molecule has 0 bridgehead atoms. The number of hydrogen-bond donors (Lipinski definition) is 0. The molecule has 1 atom stereocenters. The van der Waals surface area contributed by atoms with Gasteiger partial charge in [-0.15, -0.1) is 0 Å². The molecule has 0 aromatic rings. The van der Waals surface area contributed by atoms with Crippen LogP contribution < -0.4 is 0 Å². The van der Waals surface area contributed by atoms with Gasteiger partial charge in [0.05, 0.1) is 12.7 Å². The highest BCUT2D eigenvalue weighted by Crippen LogP contribution is 2.09. The molecule has 0 radical (unpaired) electrons. The molecule has 1 rings (SSSR count). The van der Waals surface area contributed by atoms with E-state index in [9.17, 15) is 4.79 Å². The standard InChI is InChI=1S/C12H23NO2/c1-3-12-10-13(8-9-15-12)7-5-4-6-11(2)14/h12H,3-10H2,1-2H3. The third-order valence-electron chi connectivity index (χ3n) is 2.93. The highest BCUT2D eigenvalue weighted by atomic mass is 16.5. The van der Waals surface area contributed by atoms with E-state index in [4.69, 9.17) is 4.74 Å². The Morgan fingerprint density at radius 2 is 2.27 bits per heavy atom. The van der Waals surface area contributed by atoms with Crippen molar-refractivity contribution < 1.29 is 9.53 Å². The first-order valence-corrected chi connectivity index (χ1v) is 6.05. The number of rotatable bonds is 6. The first kappa shape index (κ1) is 12.7. The predicted molar refractivity (Wildman–Crippen MR) is 61.0 cm³/mol. The molecule has 3 heteroatoms. The maximum atomic E-state index is 10.8. The molecule has 1 aliphatic heterocycles. The van der Waals surface area contributed by atoms with Crippen LogP contribution in [0.4, 0.5) is 0 Å². The largest absolute Gasteiger partial charge is 0.376 e. The molecule has 0 amide bonds. The van der Waals surface area contributed by atoms with Gasteiger partial charge in [-0.05, 0) is 32.7 Å². The second kappa shape index (κ2) is 6.96. The second-order valence-electron chi connectivity index (χ2n) is 4.36. The Balaban J connectivity index is 2.07. The average Bonchev–Trinajstić information content (AvgIpc) is 2.24. The van der Waals surface area contributed by atoms with Gasteiger partial charge in [-0.25, -0.2) is 0 Å². The topological polar surface area (TPSA) is 29.5 Å². The van der Waals surface area contributed by atoms with E-state index in [1.807, 2.05) is 0 Å². The maximum Gasteiger partial charge on any atom is 0.129 e. The molecule has 1 unspecified atom stereocenters. The Kier molecular flexibility index (Phi) is 5.88. The molecule has 3 nitrogen and oxygen atoms in total. The summed E-state index contributed by atoms with van der Waals surface area (Å²) in [7, 11) is 0. The summed E-state index contributed by atoms with van der Waals surface area (Å²) in [5.41, 5.74) is 0. The van der Waals surface area contributed by atoms with E-state index in [-0.39, 0.29) is 0 Å². The van der Waals surface area contributed by atoms with Crippen molar-refractivity contribution in [3.63, 3.8) is 0 Å². The van der Waals surface area contributed by atoms with Crippen LogP contribution >= 0.6 is 0 Å². The highest BCUT2D eigenvalue weighted by molar-refractivity contribution is 5.75. The van der Waals surface area contributed by atoms with Crippen molar-refractivity contribution in [1.82, 2.24) is 4.90 Å². The molecule has 0 aromatic heterocycles. The molecule has 0 N–H and O–H groups in total. The Bertz CT molecular complexity index is 194. The lowest BCUT2D eigenvalue weighted by molar-refractivity contribution is -0.117. The van der Waals surface area contributed by atoms with E-state index in [0.717, 1.165) is 51.9 Å². The lowest BCUT2D eigenvalue weighted by atomic mass is 10.1.